The van der Waals surface area contributed by atoms with E-state index in [0.29, 0.717) is 18.7 Å². The summed E-state index contributed by atoms with van der Waals surface area (Å²) in [6.45, 7) is 7.36. The van der Waals surface area contributed by atoms with E-state index in [4.69, 9.17) is 12.7 Å². The fraction of sp³-hybridized carbons (Fsp3) is 0.304. The normalized spacial score (nSPS) is 16.3. The van der Waals surface area contributed by atoms with Crippen molar-refractivity contribution in [2.75, 3.05) is 32.7 Å². The molecule has 36 heavy (non-hydrogen) atoms. The van der Waals surface area contributed by atoms with Crippen molar-refractivity contribution in [3.63, 3.8) is 0 Å². The summed E-state index contributed by atoms with van der Waals surface area (Å²) >= 11 is 4.27. The van der Waals surface area contributed by atoms with E-state index >= 15 is 0 Å². The number of benzene rings is 2. The summed E-state index contributed by atoms with van der Waals surface area (Å²) in [5.74, 6) is -1.11. The van der Waals surface area contributed by atoms with Crippen LogP contribution in [0.5, 0.6) is 0 Å². The third kappa shape index (κ3) is 8.10. The number of hydrogen-bond donors (Lipinski definition) is 2. The first-order chi connectivity index (χ1) is 17.5. The fourth-order valence-electron chi connectivity index (χ4n) is 2.94. The predicted octanol–water partition coefficient (Wildman–Crippen LogP) is 5.86. The van der Waals surface area contributed by atoms with Gasteiger partial charge in [0.05, 0.1) is 56.4 Å². The fourth-order valence-corrected chi connectivity index (χ4v) is 3.04. The lowest BCUT2D eigenvalue weighted by Gasteiger charge is -2.22. The summed E-state index contributed by atoms with van der Waals surface area (Å²) in [5, 5.41) is 16.5. The second-order valence-electron chi connectivity index (χ2n) is 6.91. The zero-order chi connectivity index (χ0) is 28.1. The smallest absolute Gasteiger partial charge is 0.378 e. The van der Waals surface area contributed by atoms with Crippen molar-refractivity contribution >= 4 is 40.3 Å². The minimum atomic E-state index is -4.56. The standard InChI is InChI=1S/C13H14FN3O2.C9H3F3N2S.CH3F/c1-16-12(18)10-3-2-9(6-11(10)14)17-13(7-15)4-5-19-8-13;1-13-8-3-2-6(14-5-15)4-7(8)9(10,11)12;1-2/h2-3,6,17H,4-5,8H2,1H3,(H,16,18);2-4H;1H3/i;;1D. The molecule has 0 radical (unpaired) electrons. The highest BCUT2D eigenvalue weighted by Gasteiger charge is 2.35. The number of nitrogens with one attached hydrogen (secondary N) is 2. The van der Waals surface area contributed by atoms with Crippen molar-refractivity contribution in [1.82, 2.24) is 5.32 Å². The minimum Gasteiger partial charge on any atom is -0.378 e. The van der Waals surface area contributed by atoms with Crippen LogP contribution in [0.25, 0.3) is 4.85 Å². The molecular formula is C23H20F5N5O2S. The number of nitrogens with zero attached hydrogens (tertiary/aromatic N) is 3. The van der Waals surface area contributed by atoms with E-state index in [-0.39, 0.29) is 17.9 Å². The molecule has 1 heterocycles. The van der Waals surface area contributed by atoms with Crippen molar-refractivity contribution in [3.05, 3.63) is 64.8 Å². The number of thiocarbonyl (C=S) groups is 1. The Morgan fingerprint density at radius 3 is 2.53 bits per heavy atom. The monoisotopic (exact) mass is 526 g/mol. The summed E-state index contributed by atoms with van der Waals surface area (Å²) < 4.78 is 71.7. The number of halogens is 5. The van der Waals surface area contributed by atoms with Gasteiger partial charge in [0.25, 0.3) is 5.91 Å². The Bertz CT molecular complexity index is 1220. The van der Waals surface area contributed by atoms with Crippen LogP contribution in [0.2, 0.25) is 0 Å². The highest BCUT2D eigenvalue weighted by atomic mass is 32.1. The van der Waals surface area contributed by atoms with Crippen LogP contribution >= 0.6 is 12.2 Å². The van der Waals surface area contributed by atoms with E-state index in [0.717, 1.165) is 12.1 Å². The SMILES string of the molecule is CNC(=O)c1ccc(NC2(C#N)CCOC2)cc1F.[2H]CF.[C-]#[N+]c1ccc(N=C=S)cc1C(F)(F)F. The second kappa shape index (κ2) is 13.9. The van der Waals surface area contributed by atoms with Crippen LogP contribution in [-0.2, 0) is 10.9 Å². The molecular weight excluding hydrogens is 505 g/mol. The van der Waals surface area contributed by atoms with Crippen LogP contribution in [0.3, 0.4) is 0 Å². The maximum atomic E-state index is 13.8. The zero-order valence-corrected chi connectivity index (χ0v) is 19.6. The molecule has 1 amide bonds. The molecule has 0 aromatic heterocycles. The van der Waals surface area contributed by atoms with E-state index in [1.165, 1.54) is 25.2 Å². The molecule has 0 aliphatic carbocycles. The molecule has 1 saturated heterocycles. The van der Waals surface area contributed by atoms with Crippen molar-refractivity contribution < 1.29 is 32.9 Å². The molecule has 190 valence electrons. The first kappa shape index (κ1) is 28.3. The lowest BCUT2D eigenvalue weighted by Crippen LogP contribution is -2.37. The van der Waals surface area contributed by atoms with Crippen LogP contribution < -0.4 is 10.6 Å². The Balaban J connectivity index is 0.000000343. The van der Waals surface area contributed by atoms with E-state index in [1.807, 2.05) is 5.16 Å². The van der Waals surface area contributed by atoms with Crippen LogP contribution in [-0.4, -0.2) is 44.0 Å². The van der Waals surface area contributed by atoms with Crippen LogP contribution in [0.15, 0.2) is 41.4 Å². The molecule has 0 bridgehead atoms. The average molecular weight is 527 g/mol. The first-order valence-electron chi connectivity index (χ1n) is 10.5. The molecule has 1 unspecified atom stereocenters. The Morgan fingerprint density at radius 1 is 1.36 bits per heavy atom. The third-order valence-electron chi connectivity index (χ3n) is 4.64. The molecule has 1 atom stereocenters. The molecule has 2 aromatic carbocycles. The number of carbonyl (C=O) groups excluding carboxylic acids is 1. The van der Waals surface area contributed by atoms with Crippen molar-refractivity contribution in [3.8, 4) is 6.07 Å². The number of rotatable bonds is 4. The van der Waals surface area contributed by atoms with Gasteiger partial charge in [0.15, 0.2) is 11.2 Å². The van der Waals surface area contributed by atoms with Gasteiger partial charge in [0.2, 0.25) is 0 Å². The van der Waals surface area contributed by atoms with Gasteiger partial charge in [-0.3, -0.25) is 9.18 Å². The Morgan fingerprint density at radius 2 is 2.06 bits per heavy atom. The molecule has 1 fully saturated rings. The number of ether oxygens (including phenoxy) is 1. The van der Waals surface area contributed by atoms with Gasteiger partial charge in [-0.25, -0.2) is 9.24 Å². The number of aliphatic imine (C=N–C) groups is 1. The van der Waals surface area contributed by atoms with Crippen LogP contribution in [0.1, 0.15) is 23.7 Å². The highest BCUT2D eigenvalue weighted by molar-refractivity contribution is 7.78. The minimum absolute atomic E-state index is 0.0262. The summed E-state index contributed by atoms with van der Waals surface area (Å²) in [4.78, 5) is 17.6. The van der Waals surface area contributed by atoms with Gasteiger partial charge in [-0.1, -0.05) is 6.07 Å². The molecule has 3 rings (SSSR count). The summed E-state index contributed by atoms with van der Waals surface area (Å²) in [7, 11) is 0.439. The van der Waals surface area contributed by atoms with Crippen molar-refractivity contribution in [2.45, 2.75) is 18.1 Å². The van der Waals surface area contributed by atoms with Gasteiger partial charge in [0, 0.05) is 19.2 Å². The van der Waals surface area contributed by atoms with E-state index in [1.54, 1.807) is 6.07 Å². The molecule has 7 nitrogen and oxygen atoms in total. The van der Waals surface area contributed by atoms with E-state index in [9.17, 15) is 32.0 Å². The Kier molecular flexibility index (Phi) is 10.9. The average Bonchev–Trinajstić information content (AvgIpc) is 3.33. The predicted molar refractivity (Wildman–Crippen MR) is 127 cm³/mol. The summed E-state index contributed by atoms with van der Waals surface area (Å²) in [6.07, 6.45) is -4.02. The zero-order valence-electron chi connectivity index (χ0n) is 19.7. The maximum absolute atomic E-state index is 13.8. The lowest BCUT2D eigenvalue weighted by atomic mass is 10.0. The highest BCUT2D eigenvalue weighted by Crippen LogP contribution is 2.38. The molecule has 2 N–H and O–H groups in total. The number of hydrogen-bond acceptors (Lipinski definition) is 6. The summed E-state index contributed by atoms with van der Waals surface area (Å²) in [5.41, 5.74) is -1.82. The quantitative estimate of drug-likeness (QED) is 0.226. The number of nitriles is 1. The molecule has 0 saturated carbocycles. The topological polar surface area (TPSA) is 90.9 Å². The van der Waals surface area contributed by atoms with Gasteiger partial charge >= 0.3 is 6.18 Å². The summed E-state index contributed by atoms with van der Waals surface area (Å²) in [6, 6.07) is 9.43. The molecule has 13 heteroatoms. The molecule has 1 aliphatic rings. The van der Waals surface area contributed by atoms with Gasteiger partial charge in [0.1, 0.15) is 5.82 Å². The number of isothiocyanates is 1. The van der Waals surface area contributed by atoms with Gasteiger partial charge in [-0.2, -0.15) is 23.4 Å². The Labute approximate surface area is 210 Å². The van der Waals surface area contributed by atoms with Crippen LogP contribution in [0.4, 0.5) is 39.0 Å². The largest absolute Gasteiger partial charge is 0.407 e. The van der Waals surface area contributed by atoms with Crippen molar-refractivity contribution in [2.24, 2.45) is 4.99 Å². The molecule has 1 aliphatic heterocycles. The lowest BCUT2D eigenvalue weighted by molar-refractivity contribution is -0.136. The number of alkyl halides is 4. The number of anilines is 1. The first-order valence-corrected chi connectivity index (χ1v) is 10.2. The third-order valence-corrected chi connectivity index (χ3v) is 4.73. The van der Waals surface area contributed by atoms with Gasteiger partial charge in [-0.15, -0.1) is 0 Å². The number of carbonyl (C=O) groups is 1. The van der Waals surface area contributed by atoms with Gasteiger partial charge in [-0.05, 0) is 42.5 Å². The van der Waals surface area contributed by atoms with E-state index < -0.39 is 41.8 Å². The van der Waals surface area contributed by atoms with Crippen LogP contribution in [0, 0.1) is 23.7 Å². The molecule has 0 spiro atoms. The van der Waals surface area contributed by atoms with Gasteiger partial charge < -0.3 is 15.4 Å². The maximum Gasteiger partial charge on any atom is 0.407 e. The Hall–Kier alpha value is -3.90. The number of amides is 1. The second-order valence-corrected chi connectivity index (χ2v) is 7.09. The molecule has 2 aromatic rings. The van der Waals surface area contributed by atoms with Crippen molar-refractivity contribution in [1.29, 1.82) is 5.26 Å². The van der Waals surface area contributed by atoms with E-state index in [2.05, 4.69) is 38.8 Å².